The van der Waals surface area contributed by atoms with E-state index in [-0.39, 0.29) is 0 Å². The molecule has 0 aromatic heterocycles. The first-order valence-corrected chi connectivity index (χ1v) is 5.71. The predicted octanol–water partition coefficient (Wildman–Crippen LogP) is 2.12. The van der Waals surface area contributed by atoms with Gasteiger partial charge in [-0.1, -0.05) is 34.6 Å². The molecule has 0 heterocycles. The van der Waals surface area contributed by atoms with Crippen molar-refractivity contribution in [3.8, 4) is 0 Å². The van der Waals surface area contributed by atoms with Crippen LogP contribution < -0.4 is 5.32 Å². The van der Waals surface area contributed by atoms with Crippen LogP contribution in [0.2, 0.25) is 0 Å². The van der Waals surface area contributed by atoms with E-state index in [9.17, 15) is 4.79 Å². The third-order valence-corrected chi connectivity index (χ3v) is 4.59. The molecule has 1 unspecified atom stereocenters. The van der Waals surface area contributed by atoms with E-state index in [1.54, 1.807) is 0 Å². The Balaban J connectivity index is 2.43. The fraction of sp³-hybridized carbons (Fsp3) is 0.917. The molecule has 0 radical (unpaired) electrons. The molecule has 1 saturated carbocycles. The fourth-order valence-corrected chi connectivity index (χ4v) is 2.51. The summed E-state index contributed by atoms with van der Waals surface area (Å²) in [4.78, 5) is 10.8. The van der Waals surface area contributed by atoms with Gasteiger partial charge in [-0.2, -0.15) is 0 Å². The van der Waals surface area contributed by atoms with Crippen molar-refractivity contribution >= 4 is 5.97 Å². The van der Waals surface area contributed by atoms with Gasteiger partial charge in [-0.05, 0) is 29.7 Å². The molecule has 1 fully saturated rings. The van der Waals surface area contributed by atoms with Crippen LogP contribution in [0.4, 0.5) is 0 Å². The smallest absolute Gasteiger partial charge is 0.320 e. The molecule has 0 saturated heterocycles. The molecule has 2 N–H and O–H groups in total. The summed E-state index contributed by atoms with van der Waals surface area (Å²) in [6.45, 7) is 11.7. The average Bonchev–Trinajstić information content (AvgIpc) is 2.47. The summed E-state index contributed by atoms with van der Waals surface area (Å²) in [7, 11) is 0. The van der Waals surface area contributed by atoms with Crippen LogP contribution in [0.15, 0.2) is 0 Å². The highest BCUT2D eigenvalue weighted by atomic mass is 16.4. The monoisotopic (exact) mass is 213 g/mol. The Morgan fingerprint density at radius 1 is 1.33 bits per heavy atom. The Bertz CT molecular complexity index is 244. The van der Waals surface area contributed by atoms with Gasteiger partial charge in [-0.3, -0.25) is 4.79 Å². The zero-order valence-corrected chi connectivity index (χ0v) is 10.4. The van der Waals surface area contributed by atoms with Crippen molar-refractivity contribution in [2.45, 2.75) is 47.1 Å². The molecule has 15 heavy (non-hydrogen) atoms. The molecule has 1 aliphatic rings. The molecule has 1 atom stereocenters. The van der Waals surface area contributed by atoms with Gasteiger partial charge in [0.05, 0.1) is 0 Å². The highest BCUT2D eigenvalue weighted by molar-refractivity contribution is 5.73. The van der Waals surface area contributed by atoms with Gasteiger partial charge < -0.3 is 10.4 Å². The third-order valence-electron chi connectivity index (χ3n) is 4.59. The molecule has 0 aromatic rings. The molecule has 3 heteroatoms. The summed E-state index contributed by atoms with van der Waals surface area (Å²) in [5.74, 6) is -0.160. The number of carboxylic acids is 1. The second-order valence-electron chi connectivity index (χ2n) is 5.70. The van der Waals surface area contributed by atoms with E-state index in [1.165, 1.54) is 0 Å². The molecule has 1 aliphatic carbocycles. The molecule has 0 bridgehead atoms. The van der Waals surface area contributed by atoms with Gasteiger partial charge in [0.15, 0.2) is 0 Å². The summed E-state index contributed by atoms with van der Waals surface area (Å²) in [5, 5.41) is 12.0. The van der Waals surface area contributed by atoms with Gasteiger partial charge in [-0.15, -0.1) is 0 Å². The van der Waals surface area contributed by atoms with Crippen molar-refractivity contribution < 1.29 is 9.90 Å². The van der Waals surface area contributed by atoms with E-state index in [0.717, 1.165) is 6.54 Å². The first-order valence-electron chi connectivity index (χ1n) is 5.71. The molecule has 0 amide bonds. The zero-order valence-electron chi connectivity index (χ0n) is 10.4. The summed E-state index contributed by atoms with van der Waals surface area (Å²) < 4.78 is 0. The molecule has 0 spiro atoms. The molecular weight excluding hydrogens is 190 g/mol. The van der Waals surface area contributed by atoms with Gasteiger partial charge in [0.1, 0.15) is 6.04 Å². The minimum atomic E-state index is -0.742. The number of hydrogen-bond acceptors (Lipinski definition) is 2. The second kappa shape index (κ2) is 3.78. The summed E-state index contributed by atoms with van der Waals surface area (Å²) in [6.07, 6.45) is 0.642. The first-order chi connectivity index (χ1) is 6.75. The van der Waals surface area contributed by atoms with Crippen molar-refractivity contribution in [1.29, 1.82) is 0 Å². The van der Waals surface area contributed by atoms with Crippen LogP contribution in [0, 0.1) is 16.7 Å². The Morgan fingerprint density at radius 2 is 1.80 bits per heavy atom. The van der Waals surface area contributed by atoms with Gasteiger partial charge in [0.2, 0.25) is 0 Å². The van der Waals surface area contributed by atoms with Crippen LogP contribution in [-0.2, 0) is 4.79 Å². The average molecular weight is 213 g/mol. The Labute approximate surface area is 92.3 Å². The lowest BCUT2D eigenvalue weighted by Gasteiger charge is -2.12. The Kier molecular flexibility index (Phi) is 3.15. The first kappa shape index (κ1) is 12.5. The molecule has 0 aromatic carbocycles. The molecule has 3 nitrogen and oxygen atoms in total. The minimum Gasteiger partial charge on any atom is -0.480 e. The van der Waals surface area contributed by atoms with Crippen LogP contribution >= 0.6 is 0 Å². The summed E-state index contributed by atoms with van der Waals surface area (Å²) in [6, 6.07) is -0.391. The van der Waals surface area contributed by atoms with E-state index in [4.69, 9.17) is 5.11 Å². The number of carboxylic acid groups (broad SMARTS) is 1. The normalized spacial score (nSPS) is 24.9. The maximum atomic E-state index is 10.8. The van der Waals surface area contributed by atoms with E-state index in [1.807, 2.05) is 6.92 Å². The molecule has 0 aliphatic heterocycles. The highest BCUT2D eigenvalue weighted by Gasteiger charge is 2.63. The SMILES string of the molecule is CCC(NCC1C(C)(C)C1(C)C)C(=O)O. The molecule has 88 valence electrons. The van der Waals surface area contributed by atoms with Crippen molar-refractivity contribution in [2.75, 3.05) is 6.54 Å². The van der Waals surface area contributed by atoms with Crippen LogP contribution in [0.25, 0.3) is 0 Å². The minimum absolute atomic E-state index is 0.330. The number of carbonyl (C=O) groups is 1. The standard InChI is InChI=1S/C12H23NO2/c1-6-8(10(14)15)13-7-9-11(2,3)12(9,4)5/h8-9,13H,6-7H2,1-5H3,(H,14,15). The maximum absolute atomic E-state index is 10.8. The van der Waals surface area contributed by atoms with E-state index in [2.05, 4.69) is 33.0 Å². The second-order valence-corrected chi connectivity index (χ2v) is 5.70. The third kappa shape index (κ3) is 2.03. The largest absolute Gasteiger partial charge is 0.480 e. The lowest BCUT2D eigenvalue weighted by atomic mass is 10.0. The Hall–Kier alpha value is -0.570. The van der Waals surface area contributed by atoms with E-state index in [0.29, 0.717) is 23.2 Å². The van der Waals surface area contributed by atoms with Crippen molar-refractivity contribution in [1.82, 2.24) is 5.32 Å². The van der Waals surface area contributed by atoms with Crippen LogP contribution in [-0.4, -0.2) is 23.7 Å². The topological polar surface area (TPSA) is 49.3 Å². The molecular formula is C12H23NO2. The summed E-state index contributed by atoms with van der Waals surface area (Å²) >= 11 is 0. The van der Waals surface area contributed by atoms with Gasteiger partial charge in [-0.25, -0.2) is 0 Å². The van der Waals surface area contributed by atoms with Crippen LogP contribution in [0.5, 0.6) is 0 Å². The van der Waals surface area contributed by atoms with Crippen molar-refractivity contribution in [3.63, 3.8) is 0 Å². The number of rotatable bonds is 5. The maximum Gasteiger partial charge on any atom is 0.320 e. The van der Waals surface area contributed by atoms with Crippen LogP contribution in [0.3, 0.4) is 0 Å². The van der Waals surface area contributed by atoms with Crippen LogP contribution in [0.1, 0.15) is 41.0 Å². The fourth-order valence-electron chi connectivity index (χ4n) is 2.51. The van der Waals surface area contributed by atoms with Crippen molar-refractivity contribution in [3.05, 3.63) is 0 Å². The predicted molar refractivity (Wildman–Crippen MR) is 60.8 cm³/mol. The lowest BCUT2D eigenvalue weighted by molar-refractivity contribution is -0.139. The Morgan fingerprint density at radius 3 is 2.07 bits per heavy atom. The van der Waals surface area contributed by atoms with Gasteiger partial charge >= 0.3 is 5.97 Å². The summed E-state index contributed by atoms with van der Waals surface area (Å²) in [5.41, 5.74) is 0.660. The van der Waals surface area contributed by atoms with Gasteiger partial charge in [0.25, 0.3) is 0 Å². The molecule has 1 rings (SSSR count). The van der Waals surface area contributed by atoms with E-state index < -0.39 is 12.0 Å². The number of nitrogens with one attached hydrogen (secondary N) is 1. The highest BCUT2D eigenvalue weighted by Crippen LogP contribution is 2.67. The van der Waals surface area contributed by atoms with Gasteiger partial charge in [0, 0.05) is 0 Å². The lowest BCUT2D eigenvalue weighted by Crippen LogP contribution is -2.37. The van der Waals surface area contributed by atoms with Crippen molar-refractivity contribution in [2.24, 2.45) is 16.7 Å². The quantitative estimate of drug-likeness (QED) is 0.735. The zero-order chi connectivity index (χ0) is 11.9. The van der Waals surface area contributed by atoms with E-state index >= 15 is 0 Å². The number of hydrogen-bond donors (Lipinski definition) is 2. The number of aliphatic carboxylic acids is 1.